The third-order valence-corrected chi connectivity index (χ3v) is 1.77. The van der Waals surface area contributed by atoms with Gasteiger partial charge in [-0.3, -0.25) is 4.79 Å². The van der Waals surface area contributed by atoms with Crippen LogP contribution in [0.1, 0.15) is 24.0 Å². The number of nitrogens with zero attached hydrogens (tertiary/aromatic N) is 4. The average molecular weight is 199 g/mol. The van der Waals surface area contributed by atoms with E-state index < -0.39 is 6.10 Å². The Morgan fingerprint density at radius 2 is 2.43 bits per heavy atom. The second-order valence-electron chi connectivity index (χ2n) is 3.10. The molecule has 0 aliphatic heterocycles. The van der Waals surface area contributed by atoms with Crippen LogP contribution in [0.4, 0.5) is 0 Å². The number of aromatic amines is 1. The molecular weight excluding hydrogens is 186 g/mol. The van der Waals surface area contributed by atoms with Gasteiger partial charge >= 0.3 is 0 Å². The van der Waals surface area contributed by atoms with Gasteiger partial charge in [-0.25, -0.2) is 0 Å². The molecule has 1 aromatic rings. The SMILES string of the molecule is CC(O)CCN(C)C(=O)c1nn[nH]n1. The summed E-state index contributed by atoms with van der Waals surface area (Å²) < 4.78 is 0. The minimum atomic E-state index is -0.421. The van der Waals surface area contributed by atoms with Crippen molar-refractivity contribution in [3.8, 4) is 0 Å². The Morgan fingerprint density at radius 1 is 1.71 bits per heavy atom. The number of hydrogen-bond donors (Lipinski definition) is 2. The summed E-state index contributed by atoms with van der Waals surface area (Å²) in [7, 11) is 1.63. The third kappa shape index (κ3) is 2.77. The fourth-order valence-electron chi connectivity index (χ4n) is 0.905. The monoisotopic (exact) mass is 199 g/mol. The number of aliphatic hydroxyl groups excluding tert-OH is 1. The van der Waals surface area contributed by atoms with Crippen LogP contribution in [-0.2, 0) is 0 Å². The molecule has 0 bridgehead atoms. The number of amides is 1. The Kier molecular flexibility index (Phi) is 3.52. The van der Waals surface area contributed by atoms with Gasteiger partial charge in [-0.05, 0) is 18.6 Å². The van der Waals surface area contributed by atoms with Crippen molar-refractivity contribution in [2.45, 2.75) is 19.4 Å². The number of carbonyl (C=O) groups excluding carboxylic acids is 1. The number of hydrogen-bond acceptors (Lipinski definition) is 5. The molecule has 7 nitrogen and oxygen atoms in total. The maximum atomic E-state index is 11.5. The molecule has 0 aromatic carbocycles. The molecule has 0 spiro atoms. The number of nitrogens with one attached hydrogen (secondary N) is 1. The van der Waals surface area contributed by atoms with E-state index in [1.807, 2.05) is 0 Å². The Hall–Kier alpha value is -1.50. The normalized spacial score (nSPS) is 12.5. The van der Waals surface area contributed by atoms with Crippen LogP contribution in [0.15, 0.2) is 0 Å². The standard InChI is InChI=1S/C7H13N5O2/c1-5(13)3-4-12(2)7(14)6-8-10-11-9-6/h5,13H,3-4H2,1-2H3,(H,8,9,10,11). The molecule has 1 amide bonds. The highest BCUT2D eigenvalue weighted by Gasteiger charge is 2.15. The van der Waals surface area contributed by atoms with Crippen LogP contribution in [-0.4, -0.2) is 56.2 Å². The second kappa shape index (κ2) is 4.66. The van der Waals surface area contributed by atoms with Crippen LogP contribution in [0.3, 0.4) is 0 Å². The molecule has 1 rings (SSSR count). The molecule has 1 aromatic heterocycles. The first kappa shape index (κ1) is 10.6. The molecule has 0 aliphatic rings. The molecule has 0 aliphatic carbocycles. The van der Waals surface area contributed by atoms with E-state index in [4.69, 9.17) is 5.11 Å². The fraction of sp³-hybridized carbons (Fsp3) is 0.714. The zero-order valence-corrected chi connectivity index (χ0v) is 8.14. The largest absolute Gasteiger partial charge is 0.393 e. The Balaban J connectivity index is 2.45. The van der Waals surface area contributed by atoms with Crippen molar-refractivity contribution in [2.75, 3.05) is 13.6 Å². The van der Waals surface area contributed by atoms with Crippen molar-refractivity contribution < 1.29 is 9.90 Å². The highest BCUT2D eigenvalue weighted by atomic mass is 16.3. The van der Waals surface area contributed by atoms with E-state index in [0.717, 1.165) is 0 Å². The van der Waals surface area contributed by atoms with Crippen molar-refractivity contribution in [2.24, 2.45) is 0 Å². The van der Waals surface area contributed by atoms with Crippen LogP contribution >= 0.6 is 0 Å². The van der Waals surface area contributed by atoms with Crippen LogP contribution < -0.4 is 0 Å². The van der Waals surface area contributed by atoms with Crippen molar-refractivity contribution in [3.05, 3.63) is 5.82 Å². The molecule has 0 fully saturated rings. The number of aromatic nitrogens is 4. The quantitative estimate of drug-likeness (QED) is 0.651. The summed E-state index contributed by atoms with van der Waals surface area (Å²) in [6.45, 7) is 2.14. The first-order valence-electron chi connectivity index (χ1n) is 4.28. The number of rotatable bonds is 4. The Morgan fingerprint density at radius 3 is 2.93 bits per heavy atom. The molecule has 1 heterocycles. The summed E-state index contributed by atoms with van der Waals surface area (Å²) in [6, 6.07) is 0. The molecule has 0 saturated carbocycles. The van der Waals surface area contributed by atoms with E-state index >= 15 is 0 Å². The number of carbonyl (C=O) groups is 1. The van der Waals surface area contributed by atoms with Gasteiger partial charge in [0.1, 0.15) is 0 Å². The summed E-state index contributed by atoms with van der Waals surface area (Å²) in [6.07, 6.45) is 0.107. The van der Waals surface area contributed by atoms with Crippen LogP contribution in [0.5, 0.6) is 0 Å². The van der Waals surface area contributed by atoms with Gasteiger partial charge in [-0.15, -0.1) is 10.2 Å². The van der Waals surface area contributed by atoms with Gasteiger partial charge in [-0.2, -0.15) is 5.21 Å². The maximum Gasteiger partial charge on any atom is 0.295 e. The lowest BCUT2D eigenvalue weighted by Crippen LogP contribution is -2.30. The lowest BCUT2D eigenvalue weighted by Gasteiger charge is -2.15. The first-order chi connectivity index (χ1) is 6.61. The van der Waals surface area contributed by atoms with E-state index in [-0.39, 0.29) is 11.7 Å². The minimum Gasteiger partial charge on any atom is -0.393 e. The number of H-pyrrole nitrogens is 1. The summed E-state index contributed by atoms with van der Waals surface area (Å²) in [5, 5.41) is 21.6. The van der Waals surface area contributed by atoms with E-state index in [2.05, 4.69) is 20.6 Å². The predicted octanol–water partition coefficient (Wildman–Crippen LogP) is -0.957. The molecule has 78 valence electrons. The van der Waals surface area contributed by atoms with Gasteiger partial charge in [-0.1, -0.05) is 0 Å². The third-order valence-electron chi connectivity index (χ3n) is 1.77. The minimum absolute atomic E-state index is 0.0399. The van der Waals surface area contributed by atoms with Crippen LogP contribution in [0.2, 0.25) is 0 Å². The van der Waals surface area contributed by atoms with Gasteiger partial charge in [0.2, 0.25) is 0 Å². The van der Waals surface area contributed by atoms with Gasteiger partial charge in [0.15, 0.2) is 0 Å². The topological polar surface area (TPSA) is 95.0 Å². The second-order valence-corrected chi connectivity index (χ2v) is 3.10. The lowest BCUT2D eigenvalue weighted by molar-refractivity contribution is 0.0757. The zero-order valence-electron chi connectivity index (χ0n) is 8.14. The van der Waals surface area contributed by atoms with E-state index in [1.165, 1.54) is 4.90 Å². The van der Waals surface area contributed by atoms with Crippen LogP contribution in [0.25, 0.3) is 0 Å². The van der Waals surface area contributed by atoms with E-state index in [1.54, 1.807) is 14.0 Å². The van der Waals surface area contributed by atoms with Crippen molar-refractivity contribution in [1.82, 2.24) is 25.5 Å². The van der Waals surface area contributed by atoms with Gasteiger partial charge in [0, 0.05) is 13.6 Å². The Labute approximate surface area is 81.1 Å². The van der Waals surface area contributed by atoms with Crippen molar-refractivity contribution in [3.63, 3.8) is 0 Å². The van der Waals surface area contributed by atoms with Gasteiger partial charge in [0.05, 0.1) is 6.10 Å². The molecule has 1 unspecified atom stereocenters. The lowest BCUT2D eigenvalue weighted by atomic mass is 10.3. The maximum absolute atomic E-state index is 11.5. The van der Waals surface area contributed by atoms with Gasteiger partial charge < -0.3 is 10.0 Å². The van der Waals surface area contributed by atoms with E-state index in [0.29, 0.717) is 13.0 Å². The summed E-state index contributed by atoms with van der Waals surface area (Å²) in [4.78, 5) is 12.9. The highest BCUT2D eigenvalue weighted by Crippen LogP contribution is 1.97. The molecular formula is C7H13N5O2. The van der Waals surface area contributed by atoms with Crippen LogP contribution in [0, 0.1) is 0 Å². The number of aliphatic hydroxyl groups is 1. The van der Waals surface area contributed by atoms with Crippen molar-refractivity contribution >= 4 is 5.91 Å². The average Bonchev–Trinajstić information content (AvgIpc) is 2.65. The molecule has 0 radical (unpaired) electrons. The van der Waals surface area contributed by atoms with Gasteiger partial charge in [0.25, 0.3) is 11.7 Å². The first-order valence-corrected chi connectivity index (χ1v) is 4.28. The zero-order chi connectivity index (χ0) is 10.6. The van der Waals surface area contributed by atoms with Crippen molar-refractivity contribution in [1.29, 1.82) is 0 Å². The molecule has 2 N–H and O–H groups in total. The molecule has 1 atom stereocenters. The van der Waals surface area contributed by atoms with E-state index in [9.17, 15) is 4.79 Å². The summed E-state index contributed by atoms with van der Waals surface area (Å²) in [5.74, 6) is -0.266. The predicted molar refractivity (Wildman–Crippen MR) is 47.4 cm³/mol. The molecule has 0 saturated heterocycles. The highest BCUT2D eigenvalue weighted by molar-refractivity contribution is 5.89. The smallest absolute Gasteiger partial charge is 0.295 e. The fourth-order valence-corrected chi connectivity index (χ4v) is 0.905. The Bertz CT molecular complexity index is 284. The molecule has 7 heteroatoms. The summed E-state index contributed by atoms with van der Waals surface area (Å²) in [5.41, 5.74) is 0. The number of tetrazole rings is 1. The summed E-state index contributed by atoms with van der Waals surface area (Å²) >= 11 is 0. The molecule has 14 heavy (non-hydrogen) atoms.